The Balaban J connectivity index is 2.06. The maximum atomic E-state index is 12.4. The Kier molecular flexibility index (Phi) is 3.22. The van der Waals surface area contributed by atoms with Crippen molar-refractivity contribution in [3.8, 4) is 5.75 Å². The smallest absolute Gasteiger partial charge is 0.328 e. The third-order valence-corrected chi connectivity index (χ3v) is 4.17. The Morgan fingerprint density at radius 2 is 2.05 bits per heavy atom. The average molecular weight is 323 g/mol. The highest BCUT2D eigenvalue weighted by Gasteiger charge is 2.21. The number of carbonyl (C=O) groups excluding carboxylic acids is 1. The Labute approximate surface area is 120 Å². The van der Waals surface area contributed by atoms with Gasteiger partial charge in [0.15, 0.2) is 0 Å². The Morgan fingerprint density at radius 1 is 1.32 bits per heavy atom. The molecule has 5 heteroatoms. The van der Waals surface area contributed by atoms with Crippen LogP contribution >= 0.6 is 15.9 Å². The van der Waals surface area contributed by atoms with Crippen molar-refractivity contribution >= 4 is 32.9 Å². The van der Waals surface area contributed by atoms with E-state index in [1.54, 1.807) is 11.7 Å². The summed E-state index contributed by atoms with van der Waals surface area (Å²) in [6.45, 7) is 1.71. The first kappa shape index (κ1) is 12.5. The topological polar surface area (TPSA) is 34.5 Å². The van der Waals surface area contributed by atoms with Crippen molar-refractivity contribution in [2.24, 2.45) is 0 Å². The second-order valence-corrected chi connectivity index (χ2v) is 5.56. The number of aromatic nitrogens is 1. The van der Waals surface area contributed by atoms with Crippen molar-refractivity contribution < 1.29 is 9.53 Å². The van der Waals surface area contributed by atoms with E-state index in [2.05, 4.69) is 15.9 Å². The van der Waals surface area contributed by atoms with E-state index in [-0.39, 0.29) is 6.03 Å². The van der Waals surface area contributed by atoms with Gasteiger partial charge in [-0.15, -0.1) is 0 Å². The molecule has 0 N–H and O–H groups in total. The van der Waals surface area contributed by atoms with E-state index in [0.717, 1.165) is 47.1 Å². The third kappa shape index (κ3) is 2.12. The van der Waals surface area contributed by atoms with Gasteiger partial charge in [0.05, 0.1) is 17.1 Å². The number of nitrogens with zero attached hydrogens (tertiary/aromatic N) is 2. The fourth-order valence-electron chi connectivity index (χ4n) is 2.52. The Hall–Kier alpha value is -1.49. The summed E-state index contributed by atoms with van der Waals surface area (Å²) >= 11 is 3.46. The van der Waals surface area contributed by atoms with Crippen molar-refractivity contribution in [3.63, 3.8) is 0 Å². The maximum Gasteiger partial charge on any atom is 0.328 e. The van der Waals surface area contributed by atoms with Crippen LogP contribution in [0.25, 0.3) is 10.9 Å². The van der Waals surface area contributed by atoms with E-state index < -0.39 is 0 Å². The predicted molar refractivity (Wildman–Crippen MR) is 77.8 cm³/mol. The van der Waals surface area contributed by atoms with Gasteiger partial charge in [-0.3, -0.25) is 4.57 Å². The molecule has 0 radical (unpaired) electrons. The summed E-state index contributed by atoms with van der Waals surface area (Å²) in [5.41, 5.74) is 0.886. The first-order chi connectivity index (χ1) is 9.20. The fourth-order valence-corrected chi connectivity index (χ4v) is 3.04. The highest BCUT2D eigenvalue weighted by Crippen LogP contribution is 2.31. The van der Waals surface area contributed by atoms with Crippen molar-refractivity contribution in [1.82, 2.24) is 9.47 Å². The first-order valence-corrected chi connectivity index (χ1v) is 7.14. The number of halogens is 1. The zero-order valence-corrected chi connectivity index (χ0v) is 12.3. The summed E-state index contributed by atoms with van der Waals surface area (Å²) in [4.78, 5) is 14.3. The van der Waals surface area contributed by atoms with Gasteiger partial charge in [-0.25, -0.2) is 4.79 Å². The number of fused-ring (bicyclic) bond motifs is 1. The van der Waals surface area contributed by atoms with E-state index in [0.29, 0.717) is 0 Å². The minimum absolute atomic E-state index is 0.0527. The third-order valence-electron chi connectivity index (χ3n) is 3.55. The van der Waals surface area contributed by atoms with Gasteiger partial charge in [0.25, 0.3) is 0 Å². The molecule has 0 saturated carbocycles. The zero-order chi connectivity index (χ0) is 13.4. The van der Waals surface area contributed by atoms with Crippen LogP contribution in [-0.4, -0.2) is 35.7 Å². The molecule has 2 heterocycles. The van der Waals surface area contributed by atoms with Gasteiger partial charge >= 0.3 is 6.03 Å². The summed E-state index contributed by atoms with van der Waals surface area (Å²) in [7, 11) is 1.63. The molecule has 4 nitrogen and oxygen atoms in total. The lowest BCUT2D eigenvalue weighted by Crippen LogP contribution is -2.31. The van der Waals surface area contributed by atoms with E-state index in [4.69, 9.17) is 4.74 Å². The van der Waals surface area contributed by atoms with Crippen LogP contribution in [0.1, 0.15) is 12.8 Å². The van der Waals surface area contributed by atoms with Gasteiger partial charge in [0, 0.05) is 30.7 Å². The number of benzene rings is 1. The molecular weight excluding hydrogens is 308 g/mol. The van der Waals surface area contributed by atoms with E-state index in [1.165, 1.54) is 0 Å². The summed E-state index contributed by atoms with van der Waals surface area (Å²) < 4.78 is 7.90. The van der Waals surface area contributed by atoms with E-state index in [9.17, 15) is 4.79 Å². The number of rotatable bonds is 1. The van der Waals surface area contributed by atoms with Crippen LogP contribution in [0.2, 0.25) is 0 Å². The molecule has 3 rings (SSSR count). The first-order valence-electron chi connectivity index (χ1n) is 6.34. The Morgan fingerprint density at radius 3 is 2.74 bits per heavy atom. The van der Waals surface area contributed by atoms with Crippen LogP contribution in [0.15, 0.2) is 28.9 Å². The van der Waals surface area contributed by atoms with Crippen LogP contribution < -0.4 is 4.74 Å². The van der Waals surface area contributed by atoms with Crippen molar-refractivity contribution in [2.45, 2.75) is 12.8 Å². The molecule has 1 aromatic heterocycles. The van der Waals surface area contributed by atoms with E-state index in [1.807, 2.05) is 29.3 Å². The van der Waals surface area contributed by atoms with Crippen molar-refractivity contribution in [3.05, 3.63) is 28.9 Å². The molecule has 0 aliphatic carbocycles. The number of carbonyl (C=O) groups is 1. The summed E-state index contributed by atoms with van der Waals surface area (Å²) in [6.07, 6.45) is 4.02. The zero-order valence-electron chi connectivity index (χ0n) is 10.7. The second kappa shape index (κ2) is 4.89. The molecule has 1 aliphatic heterocycles. The molecule has 0 atom stereocenters. The van der Waals surface area contributed by atoms with Crippen LogP contribution in [0.3, 0.4) is 0 Å². The van der Waals surface area contributed by atoms with E-state index >= 15 is 0 Å². The van der Waals surface area contributed by atoms with Crippen molar-refractivity contribution in [2.75, 3.05) is 20.2 Å². The highest BCUT2D eigenvalue weighted by molar-refractivity contribution is 9.10. The van der Waals surface area contributed by atoms with Crippen LogP contribution in [0, 0.1) is 0 Å². The highest BCUT2D eigenvalue weighted by atomic mass is 79.9. The number of hydrogen-bond acceptors (Lipinski definition) is 2. The van der Waals surface area contributed by atoms with Gasteiger partial charge in [-0.05, 0) is 40.9 Å². The van der Waals surface area contributed by atoms with Crippen LogP contribution in [0.4, 0.5) is 4.79 Å². The number of ether oxygens (including phenoxy) is 1. The quantitative estimate of drug-likeness (QED) is 0.805. The summed E-state index contributed by atoms with van der Waals surface area (Å²) in [5.74, 6) is 0.738. The standard InChI is InChI=1S/C14H15BrN2O2/c1-19-13-9-12-10(8-11(13)15)4-7-17(12)14(18)16-5-2-3-6-16/h4,7-9H,2-3,5-6H2,1H3. The average Bonchev–Trinajstić information content (AvgIpc) is 3.06. The van der Waals surface area contributed by atoms with Gasteiger partial charge in [-0.2, -0.15) is 0 Å². The minimum Gasteiger partial charge on any atom is -0.495 e. The lowest BCUT2D eigenvalue weighted by Gasteiger charge is -2.16. The SMILES string of the molecule is COc1cc2c(ccn2C(=O)N2CCCC2)cc1Br. The van der Waals surface area contributed by atoms with Crippen LogP contribution in [0.5, 0.6) is 5.75 Å². The number of likely N-dealkylation sites (tertiary alicyclic amines) is 1. The molecule has 1 saturated heterocycles. The number of hydrogen-bond donors (Lipinski definition) is 0. The molecule has 1 aromatic carbocycles. The molecule has 2 aromatic rings. The molecule has 0 unspecified atom stereocenters. The summed E-state index contributed by atoms with van der Waals surface area (Å²) in [6, 6.07) is 5.87. The maximum absolute atomic E-state index is 12.4. The van der Waals surface area contributed by atoms with Gasteiger partial charge < -0.3 is 9.64 Å². The normalized spacial score (nSPS) is 15.2. The van der Waals surface area contributed by atoms with Crippen LogP contribution in [-0.2, 0) is 0 Å². The fraction of sp³-hybridized carbons (Fsp3) is 0.357. The molecule has 100 valence electrons. The number of methoxy groups -OCH3 is 1. The van der Waals surface area contributed by atoms with Gasteiger partial charge in [0.1, 0.15) is 5.75 Å². The van der Waals surface area contributed by atoms with Gasteiger partial charge in [-0.1, -0.05) is 0 Å². The molecule has 0 bridgehead atoms. The molecule has 19 heavy (non-hydrogen) atoms. The molecule has 1 aliphatic rings. The summed E-state index contributed by atoms with van der Waals surface area (Å²) in [5, 5.41) is 1.03. The Bertz CT molecular complexity index is 630. The molecule has 0 spiro atoms. The number of amides is 1. The second-order valence-electron chi connectivity index (χ2n) is 4.71. The monoisotopic (exact) mass is 322 g/mol. The molecule has 1 fully saturated rings. The molecule has 1 amide bonds. The lowest BCUT2D eigenvalue weighted by atomic mass is 10.2. The molecular formula is C14H15BrN2O2. The predicted octanol–water partition coefficient (Wildman–Crippen LogP) is 3.48. The van der Waals surface area contributed by atoms with Gasteiger partial charge in [0.2, 0.25) is 0 Å². The largest absolute Gasteiger partial charge is 0.495 e. The van der Waals surface area contributed by atoms with Crippen molar-refractivity contribution in [1.29, 1.82) is 0 Å². The minimum atomic E-state index is 0.0527. The lowest BCUT2D eigenvalue weighted by molar-refractivity contribution is 0.211.